The van der Waals surface area contributed by atoms with Gasteiger partial charge in [-0.05, 0) is 50.9 Å². The third kappa shape index (κ3) is 3.33. The molecule has 1 aliphatic heterocycles. The van der Waals surface area contributed by atoms with Crippen molar-refractivity contribution < 1.29 is 0 Å². The Balaban J connectivity index is 1.53. The second-order valence-corrected chi connectivity index (χ2v) is 7.57. The number of hydrogen-bond donors (Lipinski definition) is 1. The van der Waals surface area contributed by atoms with Crippen LogP contribution in [0, 0.1) is 11.8 Å². The lowest BCUT2D eigenvalue weighted by molar-refractivity contribution is 0.0534. The predicted molar refractivity (Wildman–Crippen MR) is 81.3 cm³/mol. The van der Waals surface area contributed by atoms with Gasteiger partial charge in [-0.1, -0.05) is 26.2 Å². The molecule has 3 unspecified atom stereocenters. The molecule has 1 N–H and O–H groups in total. The summed E-state index contributed by atoms with van der Waals surface area (Å²) in [5, 5.41) is 3.97. The van der Waals surface area contributed by atoms with Gasteiger partial charge in [0.2, 0.25) is 0 Å². The highest BCUT2D eigenvalue weighted by Gasteiger charge is 2.34. The van der Waals surface area contributed by atoms with Crippen molar-refractivity contribution in [3.05, 3.63) is 0 Å². The molecule has 2 heteroatoms. The summed E-state index contributed by atoms with van der Waals surface area (Å²) in [6.45, 7) is 7.57. The van der Waals surface area contributed by atoms with Crippen molar-refractivity contribution in [2.24, 2.45) is 11.8 Å². The Bertz CT molecular complexity index is 281. The van der Waals surface area contributed by atoms with Crippen LogP contribution in [0.3, 0.4) is 0 Å². The van der Waals surface area contributed by atoms with Gasteiger partial charge in [-0.15, -0.1) is 0 Å². The Labute approximate surface area is 119 Å². The molecule has 3 atom stereocenters. The average molecular weight is 264 g/mol. The molecular formula is C17H32N2. The summed E-state index contributed by atoms with van der Waals surface area (Å²) in [5.41, 5.74) is 0. The smallest absolute Gasteiger partial charge is 0.0200 e. The number of rotatable bonds is 4. The molecular weight excluding hydrogens is 232 g/mol. The molecule has 0 bridgehead atoms. The zero-order chi connectivity index (χ0) is 13.2. The summed E-state index contributed by atoms with van der Waals surface area (Å²) >= 11 is 0. The lowest BCUT2D eigenvalue weighted by atomic mass is 9.78. The minimum atomic E-state index is 0.759. The van der Waals surface area contributed by atoms with E-state index in [1.54, 1.807) is 0 Å². The van der Waals surface area contributed by atoms with Gasteiger partial charge in [0.05, 0.1) is 0 Å². The quantitative estimate of drug-likeness (QED) is 0.837. The fourth-order valence-corrected chi connectivity index (χ4v) is 4.49. The van der Waals surface area contributed by atoms with Crippen molar-refractivity contribution in [3.8, 4) is 0 Å². The molecule has 0 aromatic carbocycles. The maximum absolute atomic E-state index is 3.97. The standard InChI is InChI=1S/C17H32N2/c1-13-10-17(18-16-8-3-4-9-16)12-19(11-13)14(2)15-6-5-7-15/h13-18H,3-12H2,1-2H3. The van der Waals surface area contributed by atoms with Crippen LogP contribution in [0.1, 0.15) is 65.2 Å². The second-order valence-electron chi connectivity index (χ2n) is 7.57. The van der Waals surface area contributed by atoms with E-state index >= 15 is 0 Å². The van der Waals surface area contributed by atoms with Crippen molar-refractivity contribution in [3.63, 3.8) is 0 Å². The zero-order valence-electron chi connectivity index (χ0n) is 12.9. The number of hydrogen-bond acceptors (Lipinski definition) is 2. The van der Waals surface area contributed by atoms with E-state index in [0.29, 0.717) is 0 Å². The van der Waals surface area contributed by atoms with Gasteiger partial charge < -0.3 is 5.32 Å². The van der Waals surface area contributed by atoms with Gasteiger partial charge in [-0.2, -0.15) is 0 Å². The van der Waals surface area contributed by atoms with E-state index in [1.165, 1.54) is 64.5 Å². The van der Waals surface area contributed by atoms with Crippen LogP contribution in [0.25, 0.3) is 0 Å². The van der Waals surface area contributed by atoms with E-state index in [1.807, 2.05) is 0 Å². The monoisotopic (exact) mass is 264 g/mol. The molecule has 3 fully saturated rings. The second kappa shape index (κ2) is 6.13. The Hall–Kier alpha value is -0.0800. The van der Waals surface area contributed by atoms with Crippen molar-refractivity contribution >= 4 is 0 Å². The normalized spacial score (nSPS) is 36.3. The molecule has 2 aliphatic carbocycles. The minimum absolute atomic E-state index is 0.759. The highest BCUT2D eigenvalue weighted by molar-refractivity contribution is 4.90. The molecule has 0 aromatic heterocycles. The van der Waals surface area contributed by atoms with Crippen LogP contribution in [0.2, 0.25) is 0 Å². The third-order valence-corrected chi connectivity index (χ3v) is 5.92. The summed E-state index contributed by atoms with van der Waals surface area (Å²) in [5.74, 6) is 1.87. The van der Waals surface area contributed by atoms with E-state index in [2.05, 4.69) is 24.1 Å². The van der Waals surface area contributed by atoms with E-state index in [4.69, 9.17) is 0 Å². The van der Waals surface area contributed by atoms with Crippen molar-refractivity contribution in [2.45, 2.75) is 83.3 Å². The molecule has 0 amide bonds. The highest BCUT2D eigenvalue weighted by atomic mass is 15.2. The van der Waals surface area contributed by atoms with Crippen molar-refractivity contribution in [1.82, 2.24) is 10.2 Å². The van der Waals surface area contributed by atoms with Gasteiger partial charge in [-0.25, -0.2) is 0 Å². The molecule has 0 radical (unpaired) electrons. The van der Waals surface area contributed by atoms with Gasteiger partial charge in [0.25, 0.3) is 0 Å². The van der Waals surface area contributed by atoms with Gasteiger partial charge in [0.1, 0.15) is 0 Å². The Morgan fingerprint density at radius 2 is 1.68 bits per heavy atom. The lowest BCUT2D eigenvalue weighted by Crippen LogP contribution is -2.55. The van der Waals surface area contributed by atoms with E-state index in [9.17, 15) is 0 Å². The number of nitrogens with zero attached hydrogens (tertiary/aromatic N) is 1. The fraction of sp³-hybridized carbons (Fsp3) is 1.00. The molecule has 19 heavy (non-hydrogen) atoms. The summed E-state index contributed by atoms with van der Waals surface area (Å²) in [6.07, 6.45) is 11.6. The van der Waals surface area contributed by atoms with Crippen molar-refractivity contribution in [1.29, 1.82) is 0 Å². The summed E-state index contributed by atoms with van der Waals surface area (Å²) < 4.78 is 0. The number of likely N-dealkylation sites (tertiary alicyclic amines) is 1. The first-order valence-electron chi connectivity index (χ1n) is 8.72. The van der Waals surface area contributed by atoms with Crippen LogP contribution in [-0.4, -0.2) is 36.1 Å². The Morgan fingerprint density at radius 1 is 0.947 bits per heavy atom. The topological polar surface area (TPSA) is 15.3 Å². The molecule has 110 valence electrons. The van der Waals surface area contributed by atoms with Gasteiger partial charge in [-0.3, -0.25) is 4.90 Å². The van der Waals surface area contributed by atoms with Gasteiger partial charge in [0.15, 0.2) is 0 Å². The first-order chi connectivity index (χ1) is 9.22. The zero-order valence-corrected chi connectivity index (χ0v) is 12.9. The number of nitrogens with one attached hydrogen (secondary N) is 1. The third-order valence-electron chi connectivity index (χ3n) is 5.92. The van der Waals surface area contributed by atoms with Crippen LogP contribution in [-0.2, 0) is 0 Å². The van der Waals surface area contributed by atoms with Crippen LogP contribution in [0.4, 0.5) is 0 Å². The molecule has 0 aromatic rings. The predicted octanol–water partition coefficient (Wildman–Crippen LogP) is 3.42. The van der Waals surface area contributed by atoms with Crippen LogP contribution in [0.5, 0.6) is 0 Å². The van der Waals surface area contributed by atoms with Crippen LogP contribution in [0.15, 0.2) is 0 Å². The average Bonchev–Trinajstić information content (AvgIpc) is 2.78. The molecule has 2 saturated carbocycles. The first-order valence-corrected chi connectivity index (χ1v) is 8.72. The largest absolute Gasteiger partial charge is 0.310 e. The summed E-state index contributed by atoms with van der Waals surface area (Å²) in [7, 11) is 0. The maximum Gasteiger partial charge on any atom is 0.0200 e. The van der Waals surface area contributed by atoms with Gasteiger partial charge >= 0.3 is 0 Å². The molecule has 1 heterocycles. The molecule has 2 nitrogen and oxygen atoms in total. The minimum Gasteiger partial charge on any atom is -0.310 e. The first kappa shape index (κ1) is 13.9. The Kier molecular flexibility index (Phi) is 4.48. The molecule has 3 aliphatic rings. The number of piperidine rings is 1. The maximum atomic E-state index is 3.97. The molecule has 3 rings (SSSR count). The van der Waals surface area contributed by atoms with Crippen LogP contribution >= 0.6 is 0 Å². The molecule has 0 spiro atoms. The lowest BCUT2D eigenvalue weighted by Gasteiger charge is -2.45. The fourth-order valence-electron chi connectivity index (χ4n) is 4.49. The van der Waals surface area contributed by atoms with Gasteiger partial charge in [0, 0.05) is 31.2 Å². The van der Waals surface area contributed by atoms with E-state index < -0.39 is 0 Å². The molecule has 1 saturated heterocycles. The van der Waals surface area contributed by atoms with E-state index in [-0.39, 0.29) is 0 Å². The Morgan fingerprint density at radius 3 is 2.32 bits per heavy atom. The summed E-state index contributed by atoms with van der Waals surface area (Å²) in [4.78, 5) is 2.80. The van der Waals surface area contributed by atoms with E-state index in [0.717, 1.165) is 30.0 Å². The highest BCUT2D eigenvalue weighted by Crippen LogP contribution is 2.34. The SMILES string of the molecule is CC1CC(NC2CCCC2)CN(C(C)C2CCC2)C1. The van der Waals surface area contributed by atoms with Crippen LogP contribution < -0.4 is 5.32 Å². The van der Waals surface area contributed by atoms with Crippen molar-refractivity contribution in [2.75, 3.05) is 13.1 Å². The summed E-state index contributed by atoms with van der Waals surface area (Å²) in [6, 6.07) is 2.41.